The Kier molecular flexibility index (Phi) is 4.11. The molecule has 82 valence electrons. The lowest BCUT2D eigenvalue weighted by Gasteiger charge is -2.27. The first-order chi connectivity index (χ1) is 6.53. The number of carbonyl (C=O) groups is 1. The summed E-state index contributed by atoms with van der Waals surface area (Å²) in [5, 5.41) is 0. The van der Waals surface area contributed by atoms with Gasteiger partial charge in [0.1, 0.15) is 6.29 Å². The predicted octanol–water partition coefficient (Wildman–Crippen LogP) is 2.33. The second kappa shape index (κ2) is 4.92. The fourth-order valence-corrected chi connectivity index (χ4v) is 2.43. The van der Waals surface area contributed by atoms with E-state index in [1.54, 1.807) is 0 Å². The van der Waals surface area contributed by atoms with Crippen LogP contribution in [0.1, 0.15) is 39.5 Å². The van der Waals surface area contributed by atoms with Crippen LogP contribution in [0.4, 0.5) is 0 Å². The molecule has 0 N–H and O–H groups in total. The van der Waals surface area contributed by atoms with Crippen LogP contribution in [0.2, 0.25) is 0 Å². The minimum Gasteiger partial charge on any atom is -0.305 e. The van der Waals surface area contributed by atoms with Crippen LogP contribution in [0, 0.1) is 11.3 Å². The van der Waals surface area contributed by atoms with Crippen LogP contribution in [-0.4, -0.2) is 31.3 Å². The topological polar surface area (TPSA) is 20.3 Å². The van der Waals surface area contributed by atoms with E-state index in [9.17, 15) is 4.79 Å². The molecule has 0 unspecified atom stereocenters. The molecule has 2 heteroatoms. The van der Waals surface area contributed by atoms with Gasteiger partial charge in [-0.05, 0) is 25.8 Å². The van der Waals surface area contributed by atoms with Gasteiger partial charge in [-0.15, -0.1) is 0 Å². The molecule has 0 aliphatic heterocycles. The maximum Gasteiger partial charge on any atom is 0.126 e. The Morgan fingerprint density at radius 1 is 1.36 bits per heavy atom. The Hall–Kier alpha value is -0.370. The van der Waals surface area contributed by atoms with Gasteiger partial charge in [0.05, 0.1) is 0 Å². The Morgan fingerprint density at radius 3 is 2.43 bits per heavy atom. The summed E-state index contributed by atoms with van der Waals surface area (Å²) < 4.78 is 0. The van der Waals surface area contributed by atoms with Crippen LogP contribution in [0.3, 0.4) is 0 Å². The van der Waals surface area contributed by atoms with Gasteiger partial charge in [0.2, 0.25) is 0 Å². The molecule has 0 aromatic rings. The number of aldehydes is 1. The second-order valence-electron chi connectivity index (χ2n) is 5.45. The van der Waals surface area contributed by atoms with E-state index in [1.807, 2.05) is 13.8 Å². The summed E-state index contributed by atoms with van der Waals surface area (Å²) in [4.78, 5) is 13.1. The van der Waals surface area contributed by atoms with Gasteiger partial charge in [-0.25, -0.2) is 0 Å². The van der Waals surface area contributed by atoms with Gasteiger partial charge in [0.15, 0.2) is 0 Å². The summed E-state index contributed by atoms with van der Waals surface area (Å²) in [6.07, 6.45) is 6.63. The van der Waals surface area contributed by atoms with E-state index in [2.05, 4.69) is 11.9 Å². The Bertz CT molecular complexity index is 183. The normalized spacial score (nSPS) is 19.1. The zero-order chi connectivity index (χ0) is 10.6. The van der Waals surface area contributed by atoms with E-state index < -0.39 is 0 Å². The SMILES string of the molecule is CN(CC1CCCC1)CC(C)(C)C=O. The number of carbonyl (C=O) groups excluding carboxylic acids is 1. The summed E-state index contributed by atoms with van der Waals surface area (Å²) in [7, 11) is 2.13. The number of rotatable bonds is 5. The third kappa shape index (κ3) is 3.79. The van der Waals surface area contributed by atoms with Crippen LogP contribution in [0.15, 0.2) is 0 Å². The quantitative estimate of drug-likeness (QED) is 0.630. The molecule has 1 aliphatic carbocycles. The molecular weight excluding hydrogens is 174 g/mol. The highest BCUT2D eigenvalue weighted by atomic mass is 16.1. The van der Waals surface area contributed by atoms with E-state index in [-0.39, 0.29) is 5.41 Å². The molecule has 1 saturated carbocycles. The van der Waals surface area contributed by atoms with Gasteiger partial charge in [0.25, 0.3) is 0 Å². The Labute approximate surface area is 87.7 Å². The third-order valence-corrected chi connectivity index (χ3v) is 3.04. The lowest BCUT2D eigenvalue weighted by molar-refractivity contribution is -0.115. The number of hydrogen-bond donors (Lipinski definition) is 0. The number of hydrogen-bond acceptors (Lipinski definition) is 2. The highest BCUT2D eigenvalue weighted by Gasteiger charge is 2.22. The van der Waals surface area contributed by atoms with E-state index in [0.717, 1.165) is 25.3 Å². The van der Waals surface area contributed by atoms with Crippen molar-refractivity contribution in [2.75, 3.05) is 20.1 Å². The van der Waals surface area contributed by atoms with Gasteiger partial charge in [-0.3, -0.25) is 0 Å². The van der Waals surface area contributed by atoms with Crippen molar-refractivity contribution >= 4 is 6.29 Å². The fraction of sp³-hybridized carbons (Fsp3) is 0.917. The predicted molar refractivity (Wildman–Crippen MR) is 59.3 cm³/mol. The minimum atomic E-state index is -0.187. The molecule has 2 nitrogen and oxygen atoms in total. The van der Waals surface area contributed by atoms with Crippen molar-refractivity contribution in [1.82, 2.24) is 4.90 Å². The van der Waals surface area contributed by atoms with Crippen molar-refractivity contribution < 1.29 is 4.79 Å². The van der Waals surface area contributed by atoms with E-state index in [4.69, 9.17) is 0 Å². The lowest BCUT2D eigenvalue weighted by atomic mass is 9.95. The molecule has 14 heavy (non-hydrogen) atoms. The first-order valence-electron chi connectivity index (χ1n) is 5.68. The Morgan fingerprint density at radius 2 is 1.93 bits per heavy atom. The van der Waals surface area contributed by atoms with Crippen LogP contribution < -0.4 is 0 Å². The molecule has 0 bridgehead atoms. The van der Waals surface area contributed by atoms with Crippen molar-refractivity contribution in [2.24, 2.45) is 11.3 Å². The maximum absolute atomic E-state index is 10.8. The maximum atomic E-state index is 10.8. The van der Waals surface area contributed by atoms with Gasteiger partial charge in [-0.1, -0.05) is 26.7 Å². The molecule has 0 saturated heterocycles. The van der Waals surface area contributed by atoms with Gasteiger partial charge < -0.3 is 9.69 Å². The fourth-order valence-electron chi connectivity index (χ4n) is 2.43. The standard InChI is InChI=1S/C12H23NO/c1-12(2,10-14)9-13(3)8-11-6-4-5-7-11/h10-11H,4-9H2,1-3H3. The molecule has 0 atom stereocenters. The largest absolute Gasteiger partial charge is 0.305 e. The van der Waals surface area contributed by atoms with Crippen LogP contribution in [0.25, 0.3) is 0 Å². The van der Waals surface area contributed by atoms with Crippen molar-refractivity contribution in [3.05, 3.63) is 0 Å². The summed E-state index contributed by atoms with van der Waals surface area (Å²) in [6.45, 7) is 6.06. The van der Waals surface area contributed by atoms with Crippen molar-refractivity contribution in [3.63, 3.8) is 0 Å². The number of nitrogens with zero attached hydrogens (tertiary/aromatic N) is 1. The molecule has 1 rings (SSSR count). The van der Waals surface area contributed by atoms with Crippen LogP contribution in [0.5, 0.6) is 0 Å². The first kappa shape index (κ1) is 11.7. The van der Waals surface area contributed by atoms with E-state index in [0.29, 0.717) is 0 Å². The molecular formula is C12H23NO. The molecule has 1 aliphatic rings. The van der Waals surface area contributed by atoms with E-state index >= 15 is 0 Å². The monoisotopic (exact) mass is 197 g/mol. The molecule has 0 amide bonds. The first-order valence-corrected chi connectivity index (χ1v) is 5.68. The highest BCUT2D eigenvalue weighted by molar-refractivity contribution is 5.58. The summed E-state index contributed by atoms with van der Waals surface area (Å²) in [5.41, 5.74) is -0.187. The molecule has 0 aromatic carbocycles. The van der Waals surface area contributed by atoms with Crippen molar-refractivity contribution in [1.29, 1.82) is 0 Å². The molecule has 1 fully saturated rings. The van der Waals surface area contributed by atoms with Gasteiger partial charge >= 0.3 is 0 Å². The summed E-state index contributed by atoms with van der Waals surface area (Å²) in [5.74, 6) is 0.877. The van der Waals surface area contributed by atoms with E-state index in [1.165, 1.54) is 25.7 Å². The smallest absolute Gasteiger partial charge is 0.126 e. The van der Waals surface area contributed by atoms with Gasteiger partial charge in [-0.2, -0.15) is 0 Å². The molecule has 0 spiro atoms. The average molecular weight is 197 g/mol. The third-order valence-electron chi connectivity index (χ3n) is 3.04. The minimum absolute atomic E-state index is 0.187. The van der Waals surface area contributed by atoms with Crippen LogP contribution in [-0.2, 0) is 4.79 Å². The second-order valence-corrected chi connectivity index (χ2v) is 5.45. The molecule has 0 heterocycles. The zero-order valence-corrected chi connectivity index (χ0v) is 9.75. The van der Waals surface area contributed by atoms with Crippen LogP contribution >= 0.6 is 0 Å². The van der Waals surface area contributed by atoms with Crippen molar-refractivity contribution in [2.45, 2.75) is 39.5 Å². The zero-order valence-electron chi connectivity index (χ0n) is 9.75. The van der Waals surface area contributed by atoms with Gasteiger partial charge in [0, 0.05) is 18.5 Å². The summed E-state index contributed by atoms with van der Waals surface area (Å²) in [6, 6.07) is 0. The summed E-state index contributed by atoms with van der Waals surface area (Å²) >= 11 is 0. The van der Waals surface area contributed by atoms with Crippen molar-refractivity contribution in [3.8, 4) is 0 Å². The molecule has 0 radical (unpaired) electrons. The molecule has 0 aromatic heterocycles. The average Bonchev–Trinajstić information content (AvgIpc) is 2.55. The lowest BCUT2D eigenvalue weighted by Crippen LogP contribution is -2.35. The Balaban J connectivity index is 2.27. The highest BCUT2D eigenvalue weighted by Crippen LogP contribution is 2.25.